The van der Waals surface area contributed by atoms with Crippen LogP contribution in [0.25, 0.3) is 5.69 Å². The molecule has 0 radical (unpaired) electrons. The van der Waals surface area contributed by atoms with Gasteiger partial charge in [0.15, 0.2) is 0 Å². The van der Waals surface area contributed by atoms with Crippen LogP contribution in [0.15, 0.2) is 47.4 Å². The number of pyridine rings is 1. The van der Waals surface area contributed by atoms with E-state index in [0.717, 1.165) is 22.9 Å². The minimum Gasteiger partial charge on any atom is -0.284 e. The van der Waals surface area contributed by atoms with E-state index in [4.69, 9.17) is 11.6 Å². The Kier molecular flexibility index (Phi) is 3.17. The summed E-state index contributed by atoms with van der Waals surface area (Å²) in [7, 11) is 0. The molecule has 94 valence electrons. The van der Waals surface area contributed by atoms with Crippen LogP contribution in [0.4, 0.5) is 13.2 Å². The number of aromatic nitrogens is 1. The molecule has 2 rings (SSSR count). The summed E-state index contributed by atoms with van der Waals surface area (Å²) in [6.45, 7) is 0. The van der Waals surface area contributed by atoms with Gasteiger partial charge >= 0.3 is 6.18 Å². The second-order valence-corrected chi connectivity index (χ2v) is 4.04. The molecule has 0 bridgehead atoms. The quantitative estimate of drug-likeness (QED) is 0.779. The van der Waals surface area contributed by atoms with Crippen molar-refractivity contribution in [2.45, 2.75) is 6.18 Å². The van der Waals surface area contributed by atoms with Crippen LogP contribution in [-0.2, 0) is 6.18 Å². The fraction of sp³-hybridized carbons (Fsp3) is 0.0833. The summed E-state index contributed by atoms with van der Waals surface area (Å²) in [5.41, 5.74) is -1.15. The summed E-state index contributed by atoms with van der Waals surface area (Å²) < 4.78 is 38.6. The zero-order valence-corrected chi connectivity index (χ0v) is 9.66. The highest BCUT2D eigenvalue weighted by molar-refractivity contribution is 6.30. The first-order chi connectivity index (χ1) is 8.38. The summed E-state index contributed by atoms with van der Waals surface area (Å²) in [6, 6.07) is 7.69. The molecule has 1 aromatic heterocycles. The fourth-order valence-electron chi connectivity index (χ4n) is 1.48. The average molecular weight is 274 g/mol. The minimum atomic E-state index is -4.49. The second-order valence-electron chi connectivity index (χ2n) is 3.60. The van der Waals surface area contributed by atoms with Crippen molar-refractivity contribution in [3.63, 3.8) is 0 Å². The zero-order valence-electron chi connectivity index (χ0n) is 8.91. The van der Waals surface area contributed by atoms with Crippen molar-refractivity contribution in [1.29, 1.82) is 0 Å². The lowest BCUT2D eigenvalue weighted by molar-refractivity contribution is -0.138. The molecule has 1 aromatic carbocycles. The summed E-state index contributed by atoms with van der Waals surface area (Å²) >= 11 is 5.74. The number of hydrogen-bond acceptors (Lipinski definition) is 1. The molecule has 0 atom stereocenters. The highest BCUT2D eigenvalue weighted by atomic mass is 35.5. The van der Waals surface area contributed by atoms with E-state index in [2.05, 4.69) is 0 Å². The molecule has 0 N–H and O–H groups in total. The van der Waals surface area contributed by atoms with Crippen LogP contribution in [0.1, 0.15) is 5.56 Å². The zero-order chi connectivity index (χ0) is 13.3. The lowest BCUT2D eigenvalue weighted by atomic mass is 10.2. The van der Waals surface area contributed by atoms with Crippen molar-refractivity contribution in [3.05, 3.63) is 63.5 Å². The standard InChI is InChI=1S/C12H7ClF3NO/c13-9-2-1-3-10(6-9)17-7-8(12(14,15)16)4-5-11(17)18/h1-7H. The molecule has 0 saturated heterocycles. The van der Waals surface area contributed by atoms with Crippen molar-refractivity contribution in [1.82, 2.24) is 4.57 Å². The predicted octanol–water partition coefficient (Wildman–Crippen LogP) is 3.51. The lowest BCUT2D eigenvalue weighted by Gasteiger charge is -2.10. The molecule has 0 unspecified atom stereocenters. The van der Waals surface area contributed by atoms with Gasteiger partial charge in [-0.15, -0.1) is 0 Å². The highest BCUT2D eigenvalue weighted by Crippen LogP contribution is 2.28. The smallest absolute Gasteiger partial charge is 0.284 e. The largest absolute Gasteiger partial charge is 0.417 e. The van der Waals surface area contributed by atoms with Crippen molar-refractivity contribution < 1.29 is 13.2 Å². The molecule has 18 heavy (non-hydrogen) atoms. The second kappa shape index (κ2) is 4.49. The van der Waals surface area contributed by atoms with E-state index in [9.17, 15) is 18.0 Å². The first-order valence-electron chi connectivity index (χ1n) is 4.94. The van der Waals surface area contributed by atoms with Crippen molar-refractivity contribution >= 4 is 11.6 Å². The number of benzene rings is 1. The number of nitrogens with zero attached hydrogens (tertiary/aromatic N) is 1. The van der Waals surface area contributed by atoms with Crippen molar-refractivity contribution in [3.8, 4) is 5.69 Å². The third-order valence-electron chi connectivity index (χ3n) is 2.32. The van der Waals surface area contributed by atoms with E-state index in [0.29, 0.717) is 10.7 Å². The molecule has 2 nitrogen and oxygen atoms in total. The molecule has 0 fully saturated rings. The van der Waals surface area contributed by atoms with E-state index in [1.807, 2.05) is 0 Å². The Labute approximate surface area is 105 Å². The van der Waals surface area contributed by atoms with Crippen LogP contribution in [-0.4, -0.2) is 4.57 Å². The molecular formula is C12H7ClF3NO. The van der Waals surface area contributed by atoms with Gasteiger partial charge in [0, 0.05) is 17.3 Å². The Hall–Kier alpha value is -1.75. The molecule has 0 amide bonds. The maximum Gasteiger partial charge on any atom is 0.417 e. The number of alkyl halides is 3. The van der Waals surface area contributed by atoms with Crippen LogP contribution in [0.5, 0.6) is 0 Å². The summed E-state index contributed by atoms with van der Waals surface area (Å²) in [5, 5.41) is 0.344. The van der Waals surface area contributed by atoms with Crippen molar-refractivity contribution in [2.24, 2.45) is 0 Å². The van der Waals surface area contributed by atoms with Crippen LogP contribution in [0.2, 0.25) is 5.02 Å². The van der Waals surface area contributed by atoms with Gasteiger partial charge in [0.2, 0.25) is 0 Å². The molecule has 0 aliphatic carbocycles. The predicted molar refractivity (Wildman–Crippen MR) is 62.1 cm³/mol. The van der Waals surface area contributed by atoms with Gasteiger partial charge in [0.1, 0.15) is 0 Å². The van der Waals surface area contributed by atoms with Crippen LogP contribution in [0.3, 0.4) is 0 Å². The SMILES string of the molecule is O=c1ccc(C(F)(F)F)cn1-c1cccc(Cl)c1. The number of halogens is 4. The van der Waals surface area contributed by atoms with E-state index in [1.54, 1.807) is 12.1 Å². The Morgan fingerprint density at radius 2 is 1.83 bits per heavy atom. The summed E-state index contributed by atoms with van der Waals surface area (Å²) in [4.78, 5) is 11.6. The first-order valence-corrected chi connectivity index (χ1v) is 5.31. The van der Waals surface area contributed by atoms with Gasteiger partial charge in [-0.1, -0.05) is 17.7 Å². The van der Waals surface area contributed by atoms with Gasteiger partial charge < -0.3 is 0 Å². The monoisotopic (exact) mass is 273 g/mol. The van der Waals surface area contributed by atoms with Gasteiger partial charge in [-0.2, -0.15) is 13.2 Å². The molecule has 0 aliphatic rings. The topological polar surface area (TPSA) is 22.0 Å². The fourth-order valence-corrected chi connectivity index (χ4v) is 1.67. The summed E-state index contributed by atoms with van der Waals surface area (Å²) in [5.74, 6) is 0. The Morgan fingerprint density at radius 1 is 1.11 bits per heavy atom. The van der Waals surface area contributed by atoms with Crippen LogP contribution >= 0.6 is 11.6 Å². The van der Waals surface area contributed by atoms with Gasteiger partial charge in [-0.25, -0.2) is 0 Å². The van der Waals surface area contributed by atoms with E-state index in [-0.39, 0.29) is 0 Å². The van der Waals surface area contributed by atoms with Gasteiger partial charge in [0.05, 0.1) is 11.3 Å². The molecular weight excluding hydrogens is 267 g/mol. The maximum atomic E-state index is 12.6. The molecule has 0 spiro atoms. The summed E-state index contributed by atoms with van der Waals surface area (Å²) in [6.07, 6.45) is -3.73. The lowest BCUT2D eigenvalue weighted by Crippen LogP contribution is -2.19. The molecule has 6 heteroatoms. The van der Waals surface area contributed by atoms with E-state index in [1.165, 1.54) is 12.1 Å². The Morgan fingerprint density at radius 3 is 2.44 bits per heavy atom. The molecule has 0 aliphatic heterocycles. The minimum absolute atomic E-state index is 0.290. The number of hydrogen-bond donors (Lipinski definition) is 0. The maximum absolute atomic E-state index is 12.6. The Bertz CT molecular complexity index is 634. The van der Waals surface area contributed by atoms with Gasteiger partial charge in [-0.05, 0) is 24.3 Å². The first kappa shape index (κ1) is 12.7. The number of rotatable bonds is 1. The van der Waals surface area contributed by atoms with Crippen LogP contribution in [0, 0.1) is 0 Å². The average Bonchev–Trinajstić information content (AvgIpc) is 2.28. The highest BCUT2D eigenvalue weighted by Gasteiger charge is 2.31. The third kappa shape index (κ3) is 2.56. The molecule has 1 heterocycles. The van der Waals surface area contributed by atoms with Gasteiger partial charge in [-0.3, -0.25) is 9.36 Å². The van der Waals surface area contributed by atoms with E-state index < -0.39 is 17.3 Å². The Balaban J connectivity index is 2.61. The van der Waals surface area contributed by atoms with E-state index >= 15 is 0 Å². The third-order valence-corrected chi connectivity index (χ3v) is 2.56. The molecule has 0 saturated carbocycles. The molecule has 2 aromatic rings. The van der Waals surface area contributed by atoms with Crippen LogP contribution < -0.4 is 5.56 Å². The normalized spacial score (nSPS) is 11.6. The van der Waals surface area contributed by atoms with Crippen molar-refractivity contribution in [2.75, 3.05) is 0 Å². The van der Waals surface area contributed by atoms with Gasteiger partial charge in [0.25, 0.3) is 5.56 Å².